The molecule has 0 aliphatic carbocycles. The van der Waals surface area contributed by atoms with Crippen LogP contribution in [0.2, 0.25) is 0 Å². The van der Waals surface area contributed by atoms with Crippen LogP contribution in [-0.2, 0) is 11.3 Å². The number of hydrogen-bond donors (Lipinski definition) is 0. The van der Waals surface area contributed by atoms with Crippen molar-refractivity contribution >= 4 is 21.9 Å². The topological polar surface area (TPSA) is 31.2 Å². The maximum absolute atomic E-state index is 13.1. The van der Waals surface area contributed by atoms with Gasteiger partial charge in [0.15, 0.2) is 0 Å². The van der Waals surface area contributed by atoms with Gasteiger partial charge in [-0.1, -0.05) is 11.8 Å². The van der Waals surface area contributed by atoms with Crippen molar-refractivity contribution < 1.29 is 18.3 Å². The fourth-order valence-electron chi connectivity index (χ4n) is 1.85. The van der Waals surface area contributed by atoms with E-state index in [1.807, 2.05) is 0 Å². The quantitative estimate of drug-likeness (QED) is 0.613. The van der Waals surface area contributed by atoms with E-state index in [-0.39, 0.29) is 18.1 Å². The molecule has 0 amide bonds. The number of carbonyl (C=O) groups excluding carboxylic acids is 1. The summed E-state index contributed by atoms with van der Waals surface area (Å²) in [7, 11) is 1.26. The van der Waals surface area contributed by atoms with E-state index in [1.54, 1.807) is 18.3 Å². The highest BCUT2D eigenvalue weighted by Gasteiger charge is 2.13. The molecule has 1 aromatic carbocycles. The predicted molar refractivity (Wildman–Crippen MR) is 81.8 cm³/mol. The van der Waals surface area contributed by atoms with Crippen LogP contribution in [0.1, 0.15) is 21.6 Å². The van der Waals surface area contributed by atoms with Crippen molar-refractivity contribution in [3.8, 4) is 11.8 Å². The Balaban J connectivity index is 2.32. The van der Waals surface area contributed by atoms with Crippen molar-refractivity contribution in [2.24, 2.45) is 0 Å². The molecular formula is C16H12BrF2NO2. The first kappa shape index (κ1) is 16.2. The molecule has 0 saturated heterocycles. The van der Waals surface area contributed by atoms with E-state index in [0.29, 0.717) is 15.6 Å². The van der Waals surface area contributed by atoms with Crippen LogP contribution in [0.4, 0.5) is 8.78 Å². The zero-order chi connectivity index (χ0) is 16.1. The number of rotatable bonds is 3. The summed E-state index contributed by atoms with van der Waals surface area (Å²) >= 11 is 3.09. The molecule has 2 aromatic rings. The van der Waals surface area contributed by atoms with Crippen molar-refractivity contribution in [3.63, 3.8) is 0 Å². The maximum atomic E-state index is 13.1. The van der Waals surface area contributed by atoms with Gasteiger partial charge in [-0.2, -0.15) is 0 Å². The van der Waals surface area contributed by atoms with Crippen molar-refractivity contribution in [3.05, 3.63) is 57.6 Å². The van der Waals surface area contributed by atoms with Gasteiger partial charge in [-0.15, -0.1) is 0 Å². The summed E-state index contributed by atoms with van der Waals surface area (Å²) in [5.74, 6) is 4.81. The molecule has 0 saturated carbocycles. The van der Waals surface area contributed by atoms with Crippen LogP contribution in [0, 0.1) is 17.7 Å². The van der Waals surface area contributed by atoms with Gasteiger partial charge in [-0.3, -0.25) is 0 Å². The molecule has 6 heteroatoms. The Bertz CT molecular complexity index is 759. The molecule has 2 rings (SSSR count). The molecule has 0 bridgehead atoms. The summed E-state index contributed by atoms with van der Waals surface area (Å²) in [5.41, 5.74) is 1.41. The van der Waals surface area contributed by atoms with Crippen LogP contribution in [0.25, 0.3) is 0 Å². The Kier molecular flexibility index (Phi) is 5.34. The summed E-state index contributed by atoms with van der Waals surface area (Å²) < 4.78 is 32.1. The summed E-state index contributed by atoms with van der Waals surface area (Å²) in [5, 5.41) is 0. The van der Waals surface area contributed by atoms with Gasteiger partial charge in [0, 0.05) is 17.3 Å². The Morgan fingerprint density at radius 1 is 1.32 bits per heavy atom. The first-order valence-electron chi connectivity index (χ1n) is 6.36. The highest BCUT2D eigenvalue weighted by atomic mass is 79.9. The highest BCUT2D eigenvalue weighted by molar-refractivity contribution is 9.10. The largest absolute Gasteiger partial charge is 0.464 e. The molecule has 0 N–H and O–H groups in total. The second-order valence-electron chi connectivity index (χ2n) is 4.37. The minimum atomic E-state index is -0.601. The molecule has 1 aromatic heterocycles. The lowest BCUT2D eigenvalue weighted by Crippen LogP contribution is -2.10. The smallest absolute Gasteiger partial charge is 0.354 e. The molecule has 114 valence electrons. The maximum Gasteiger partial charge on any atom is 0.354 e. The number of benzene rings is 1. The van der Waals surface area contributed by atoms with Crippen molar-refractivity contribution in [2.45, 2.75) is 6.54 Å². The van der Waals surface area contributed by atoms with Crippen LogP contribution in [-0.4, -0.2) is 24.3 Å². The number of hydrogen-bond acceptors (Lipinski definition) is 2. The van der Waals surface area contributed by atoms with E-state index in [2.05, 4.69) is 32.5 Å². The fourth-order valence-corrected chi connectivity index (χ4v) is 2.23. The molecule has 0 spiro atoms. The van der Waals surface area contributed by atoms with E-state index in [0.717, 1.165) is 0 Å². The standard InChI is InChI=1S/C16H12BrF2NO2/c1-22-16(21)15-9-12(10-20(15)7-6-18)3-2-11-4-5-14(19)13(17)8-11/h4-5,8-10H,6-7H2,1H3. The van der Waals surface area contributed by atoms with Gasteiger partial charge in [0.2, 0.25) is 0 Å². The molecule has 0 fully saturated rings. The van der Waals surface area contributed by atoms with Crippen molar-refractivity contribution in [2.75, 3.05) is 13.8 Å². The van der Waals surface area contributed by atoms with Gasteiger partial charge in [0.25, 0.3) is 0 Å². The van der Waals surface area contributed by atoms with E-state index in [4.69, 9.17) is 0 Å². The molecule has 0 unspecified atom stereocenters. The monoisotopic (exact) mass is 367 g/mol. The summed E-state index contributed by atoms with van der Waals surface area (Å²) in [4.78, 5) is 11.6. The third kappa shape index (κ3) is 3.74. The number of aromatic nitrogens is 1. The number of ether oxygens (including phenoxy) is 1. The highest BCUT2D eigenvalue weighted by Crippen LogP contribution is 2.16. The van der Waals surface area contributed by atoms with Gasteiger partial charge >= 0.3 is 5.97 Å². The van der Waals surface area contributed by atoms with Crippen LogP contribution in [0.15, 0.2) is 34.9 Å². The molecule has 1 heterocycles. The van der Waals surface area contributed by atoms with Crippen LogP contribution in [0.5, 0.6) is 0 Å². The Morgan fingerprint density at radius 3 is 2.68 bits per heavy atom. The molecule has 0 atom stereocenters. The molecule has 0 radical (unpaired) electrons. The summed E-state index contributed by atoms with van der Waals surface area (Å²) in [6.07, 6.45) is 1.58. The lowest BCUT2D eigenvalue weighted by molar-refractivity contribution is 0.0588. The van der Waals surface area contributed by atoms with Gasteiger partial charge in [0.1, 0.15) is 18.2 Å². The minimum Gasteiger partial charge on any atom is -0.464 e. The number of methoxy groups -OCH3 is 1. The first-order chi connectivity index (χ1) is 10.5. The van der Waals surface area contributed by atoms with E-state index >= 15 is 0 Å². The Hall–Kier alpha value is -2.13. The normalized spacial score (nSPS) is 10.0. The predicted octanol–water partition coefficient (Wildman–Crippen LogP) is 3.55. The van der Waals surface area contributed by atoms with Gasteiger partial charge < -0.3 is 9.30 Å². The van der Waals surface area contributed by atoms with Gasteiger partial charge in [-0.05, 0) is 40.2 Å². The summed E-state index contributed by atoms with van der Waals surface area (Å²) in [6.45, 7) is -0.551. The number of aryl methyl sites for hydroxylation is 1. The molecule has 3 nitrogen and oxygen atoms in total. The lowest BCUT2D eigenvalue weighted by Gasteiger charge is -2.03. The average Bonchev–Trinajstić information content (AvgIpc) is 2.91. The van der Waals surface area contributed by atoms with Crippen LogP contribution < -0.4 is 0 Å². The fraction of sp³-hybridized carbons (Fsp3) is 0.188. The average molecular weight is 368 g/mol. The molecular weight excluding hydrogens is 356 g/mol. The number of halogens is 3. The number of carbonyl (C=O) groups is 1. The Labute approximate surface area is 135 Å². The number of esters is 1. The number of alkyl halides is 1. The van der Waals surface area contributed by atoms with Crippen molar-refractivity contribution in [1.82, 2.24) is 4.57 Å². The van der Waals surface area contributed by atoms with Gasteiger partial charge in [-0.25, -0.2) is 13.6 Å². The third-order valence-corrected chi connectivity index (χ3v) is 3.50. The van der Waals surface area contributed by atoms with E-state index in [1.165, 1.54) is 23.8 Å². The third-order valence-electron chi connectivity index (χ3n) is 2.89. The van der Waals surface area contributed by atoms with E-state index in [9.17, 15) is 13.6 Å². The summed E-state index contributed by atoms with van der Waals surface area (Å²) in [6, 6.07) is 5.95. The molecule has 22 heavy (non-hydrogen) atoms. The minimum absolute atomic E-state index is 0.0498. The second kappa shape index (κ2) is 7.23. The number of nitrogens with zero attached hydrogens (tertiary/aromatic N) is 1. The second-order valence-corrected chi connectivity index (χ2v) is 5.22. The zero-order valence-corrected chi connectivity index (χ0v) is 13.3. The Morgan fingerprint density at radius 2 is 2.05 bits per heavy atom. The van der Waals surface area contributed by atoms with Crippen LogP contribution >= 0.6 is 15.9 Å². The zero-order valence-electron chi connectivity index (χ0n) is 11.7. The molecule has 0 aliphatic heterocycles. The lowest BCUT2D eigenvalue weighted by atomic mass is 10.2. The van der Waals surface area contributed by atoms with Gasteiger partial charge in [0.05, 0.1) is 18.1 Å². The first-order valence-corrected chi connectivity index (χ1v) is 7.16. The SMILES string of the molecule is COC(=O)c1cc(C#Cc2ccc(F)c(Br)c2)cn1CCF. The van der Waals surface area contributed by atoms with Crippen molar-refractivity contribution in [1.29, 1.82) is 0 Å². The van der Waals surface area contributed by atoms with Crippen LogP contribution in [0.3, 0.4) is 0 Å². The van der Waals surface area contributed by atoms with E-state index < -0.39 is 12.6 Å². The molecule has 0 aliphatic rings.